The summed E-state index contributed by atoms with van der Waals surface area (Å²) in [6, 6.07) is 10.4. The molecule has 2 aromatic heterocycles. The van der Waals surface area contributed by atoms with Gasteiger partial charge in [-0.1, -0.05) is 6.07 Å². The third kappa shape index (κ3) is 4.45. The lowest BCUT2D eigenvalue weighted by Crippen LogP contribution is -2.35. The number of carbonyl (C=O) groups excluding carboxylic acids is 1. The van der Waals surface area contributed by atoms with E-state index < -0.39 is 11.7 Å². The fourth-order valence-corrected chi connectivity index (χ4v) is 2.93. The highest BCUT2D eigenvalue weighted by Crippen LogP contribution is 2.30. The fraction of sp³-hybridized carbons (Fsp3) is 0.250. The fourth-order valence-electron chi connectivity index (χ4n) is 2.93. The van der Waals surface area contributed by atoms with Gasteiger partial charge in [-0.15, -0.1) is 0 Å². The van der Waals surface area contributed by atoms with Crippen molar-refractivity contribution in [1.82, 2.24) is 15.3 Å². The van der Waals surface area contributed by atoms with E-state index >= 15 is 0 Å². The molecule has 0 aliphatic carbocycles. The number of halogens is 3. The molecule has 1 saturated heterocycles. The van der Waals surface area contributed by atoms with Gasteiger partial charge in [0, 0.05) is 24.3 Å². The predicted octanol–water partition coefficient (Wildman–Crippen LogP) is 3.96. The van der Waals surface area contributed by atoms with Gasteiger partial charge in [0.25, 0.3) is 5.91 Å². The normalized spacial score (nSPS) is 16.7. The van der Waals surface area contributed by atoms with Gasteiger partial charge in [-0.3, -0.25) is 4.79 Å². The van der Waals surface area contributed by atoms with Crippen LogP contribution in [0.25, 0.3) is 10.9 Å². The number of ether oxygens (including phenoxy) is 2. The third-order valence-electron chi connectivity index (χ3n) is 4.44. The molecule has 29 heavy (non-hydrogen) atoms. The average molecular weight is 403 g/mol. The van der Waals surface area contributed by atoms with Gasteiger partial charge >= 0.3 is 6.18 Å². The maximum absolute atomic E-state index is 12.6. The van der Waals surface area contributed by atoms with E-state index in [1.54, 1.807) is 30.3 Å². The SMILES string of the molecule is O=C(N[C@@H]1CCOC1)c1ccc2cc(Oc3ccc(C(F)(F)F)cn3)ccc2n1. The van der Waals surface area contributed by atoms with Crippen molar-refractivity contribution in [2.24, 2.45) is 0 Å². The minimum absolute atomic E-state index is 0.00740. The summed E-state index contributed by atoms with van der Waals surface area (Å²) in [5, 5.41) is 3.60. The molecule has 1 amide bonds. The molecular formula is C20H16F3N3O3. The van der Waals surface area contributed by atoms with Crippen molar-refractivity contribution in [2.45, 2.75) is 18.6 Å². The third-order valence-corrected chi connectivity index (χ3v) is 4.44. The number of benzene rings is 1. The van der Waals surface area contributed by atoms with Crippen molar-refractivity contribution in [3.63, 3.8) is 0 Å². The highest BCUT2D eigenvalue weighted by Gasteiger charge is 2.30. The molecule has 3 aromatic rings. The lowest BCUT2D eigenvalue weighted by molar-refractivity contribution is -0.137. The lowest BCUT2D eigenvalue weighted by atomic mass is 10.2. The zero-order valence-electron chi connectivity index (χ0n) is 15.1. The molecule has 4 rings (SSSR count). The summed E-state index contributed by atoms with van der Waals surface area (Å²) < 4.78 is 48.6. The van der Waals surface area contributed by atoms with E-state index in [0.29, 0.717) is 30.2 Å². The van der Waals surface area contributed by atoms with Crippen molar-refractivity contribution < 1.29 is 27.4 Å². The molecule has 1 aromatic carbocycles. The Balaban J connectivity index is 1.48. The summed E-state index contributed by atoms with van der Waals surface area (Å²) in [5.74, 6) is 0.170. The van der Waals surface area contributed by atoms with E-state index in [4.69, 9.17) is 9.47 Å². The molecule has 150 valence electrons. The van der Waals surface area contributed by atoms with Crippen LogP contribution in [0, 0.1) is 0 Å². The second-order valence-corrected chi connectivity index (χ2v) is 6.57. The topological polar surface area (TPSA) is 73.3 Å². The van der Waals surface area contributed by atoms with Crippen LogP contribution in [-0.4, -0.2) is 35.1 Å². The van der Waals surface area contributed by atoms with E-state index in [0.717, 1.165) is 30.1 Å². The van der Waals surface area contributed by atoms with E-state index in [9.17, 15) is 18.0 Å². The molecule has 1 aliphatic rings. The number of rotatable bonds is 4. The first-order valence-electron chi connectivity index (χ1n) is 8.89. The van der Waals surface area contributed by atoms with Crippen molar-refractivity contribution in [3.05, 3.63) is 59.9 Å². The molecule has 0 radical (unpaired) electrons. The number of hydrogen-bond donors (Lipinski definition) is 1. The maximum atomic E-state index is 12.6. The molecule has 1 aliphatic heterocycles. The highest BCUT2D eigenvalue weighted by atomic mass is 19.4. The molecule has 0 bridgehead atoms. The number of nitrogens with one attached hydrogen (secondary N) is 1. The largest absolute Gasteiger partial charge is 0.439 e. The quantitative estimate of drug-likeness (QED) is 0.714. The van der Waals surface area contributed by atoms with Crippen LogP contribution in [-0.2, 0) is 10.9 Å². The van der Waals surface area contributed by atoms with E-state index in [-0.39, 0.29) is 17.8 Å². The van der Waals surface area contributed by atoms with Gasteiger partial charge < -0.3 is 14.8 Å². The zero-order chi connectivity index (χ0) is 20.4. The molecule has 1 N–H and O–H groups in total. The maximum Gasteiger partial charge on any atom is 0.417 e. The first kappa shape index (κ1) is 19.1. The van der Waals surface area contributed by atoms with Crippen LogP contribution >= 0.6 is 0 Å². The molecule has 0 spiro atoms. The summed E-state index contributed by atoms with van der Waals surface area (Å²) in [5.41, 5.74) is 0.0399. The van der Waals surface area contributed by atoms with Crippen LogP contribution < -0.4 is 10.1 Å². The first-order chi connectivity index (χ1) is 13.9. The molecule has 0 saturated carbocycles. The summed E-state index contributed by atoms with van der Waals surface area (Å²) in [6.45, 7) is 1.13. The van der Waals surface area contributed by atoms with E-state index in [2.05, 4.69) is 15.3 Å². The number of fused-ring (bicyclic) bond motifs is 1. The Bertz CT molecular complexity index is 1030. The van der Waals surface area contributed by atoms with E-state index in [1.165, 1.54) is 0 Å². The Labute approximate surface area is 163 Å². The van der Waals surface area contributed by atoms with Gasteiger partial charge in [0.05, 0.1) is 23.7 Å². The van der Waals surface area contributed by atoms with Crippen LogP contribution in [0.1, 0.15) is 22.5 Å². The van der Waals surface area contributed by atoms with Gasteiger partial charge in [0.2, 0.25) is 5.88 Å². The van der Waals surface area contributed by atoms with Crippen molar-refractivity contribution in [1.29, 1.82) is 0 Å². The van der Waals surface area contributed by atoms with Gasteiger partial charge in [0.1, 0.15) is 11.4 Å². The van der Waals surface area contributed by atoms with Crippen LogP contribution in [0.3, 0.4) is 0 Å². The second-order valence-electron chi connectivity index (χ2n) is 6.57. The Kier molecular flexibility index (Phi) is 5.06. The van der Waals surface area contributed by atoms with Crippen LogP contribution in [0.15, 0.2) is 48.7 Å². The van der Waals surface area contributed by atoms with Crippen molar-refractivity contribution >= 4 is 16.8 Å². The number of nitrogens with zero attached hydrogens (tertiary/aromatic N) is 2. The molecule has 9 heteroatoms. The predicted molar refractivity (Wildman–Crippen MR) is 97.7 cm³/mol. The standard InChI is InChI=1S/C20H16F3N3O3/c21-20(22,23)13-2-6-18(24-10-13)29-15-3-5-16-12(9-15)1-4-17(26-16)19(27)25-14-7-8-28-11-14/h1-6,9-10,14H,7-8,11H2,(H,25,27)/t14-/m1/s1. The number of pyridine rings is 2. The Hall–Kier alpha value is -3.20. The van der Waals surface area contributed by atoms with Crippen LogP contribution in [0.4, 0.5) is 13.2 Å². The number of aromatic nitrogens is 2. The number of hydrogen-bond acceptors (Lipinski definition) is 5. The highest BCUT2D eigenvalue weighted by molar-refractivity contribution is 5.95. The van der Waals surface area contributed by atoms with Gasteiger partial charge in [-0.2, -0.15) is 13.2 Å². The minimum Gasteiger partial charge on any atom is -0.439 e. The molecule has 1 fully saturated rings. The smallest absolute Gasteiger partial charge is 0.417 e. The molecule has 3 heterocycles. The van der Waals surface area contributed by atoms with Crippen LogP contribution in [0.2, 0.25) is 0 Å². The first-order valence-corrected chi connectivity index (χ1v) is 8.89. The summed E-state index contributed by atoms with van der Waals surface area (Å²) in [7, 11) is 0. The zero-order valence-corrected chi connectivity index (χ0v) is 15.1. The monoisotopic (exact) mass is 403 g/mol. The Morgan fingerprint density at radius 3 is 2.72 bits per heavy atom. The second kappa shape index (κ2) is 7.67. The van der Waals surface area contributed by atoms with Crippen LogP contribution in [0.5, 0.6) is 11.6 Å². The van der Waals surface area contributed by atoms with Gasteiger partial charge in [-0.05, 0) is 36.8 Å². The van der Waals surface area contributed by atoms with E-state index in [1.807, 2.05) is 0 Å². The minimum atomic E-state index is -4.45. The summed E-state index contributed by atoms with van der Waals surface area (Å²) in [4.78, 5) is 20.3. The summed E-state index contributed by atoms with van der Waals surface area (Å²) >= 11 is 0. The van der Waals surface area contributed by atoms with Crippen molar-refractivity contribution in [3.8, 4) is 11.6 Å². The summed E-state index contributed by atoms with van der Waals surface area (Å²) in [6.07, 6.45) is -2.95. The Morgan fingerprint density at radius 2 is 2.03 bits per heavy atom. The van der Waals surface area contributed by atoms with Gasteiger partial charge in [-0.25, -0.2) is 9.97 Å². The number of carbonyl (C=O) groups is 1. The lowest BCUT2D eigenvalue weighted by Gasteiger charge is -2.11. The van der Waals surface area contributed by atoms with Gasteiger partial charge in [0.15, 0.2) is 0 Å². The molecular weight excluding hydrogens is 387 g/mol. The average Bonchev–Trinajstić information content (AvgIpc) is 3.20. The molecule has 1 atom stereocenters. The molecule has 6 nitrogen and oxygen atoms in total. The number of alkyl halides is 3. The Morgan fingerprint density at radius 1 is 1.17 bits per heavy atom. The van der Waals surface area contributed by atoms with Crippen molar-refractivity contribution in [2.75, 3.05) is 13.2 Å². The molecule has 0 unspecified atom stereocenters. The number of amides is 1.